The molecule has 96 valence electrons. The largest absolute Gasteiger partial charge is 0.325 e. The van der Waals surface area contributed by atoms with E-state index < -0.39 is 0 Å². The van der Waals surface area contributed by atoms with Gasteiger partial charge in [-0.25, -0.2) is 9.37 Å². The molecule has 0 fully saturated rings. The van der Waals surface area contributed by atoms with Crippen LogP contribution >= 0.6 is 22.7 Å². The van der Waals surface area contributed by atoms with Crippen molar-refractivity contribution in [3.05, 3.63) is 52.6 Å². The number of hydrogen-bond acceptors (Lipinski definition) is 4. The van der Waals surface area contributed by atoms with Crippen LogP contribution in [-0.2, 0) is 6.54 Å². The van der Waals surface area contributed by atoms with Crippen LogP contribution in [0.1, 0.15) is 5.01 Å². The highest BCUT2D eigenvalue weighted by Gasteiger charge is 2.15. The van der Waals surface area contributed by atoms with Gasteiger partial charge in [0.05, 0.1) is 10.6 Å². The second kappa shape index (κ2) is 5.21. The molecule has 0 saturated carbocycles. The number of hydrogen-bond donors (Lipinski definition) is 1. The van der Waals surface area contributed by atoms with Crippen molar-refractivity contribution in [3.63, 3.8) is 0 Å². The summed E-state index contributed by atoms with van der Waals surface area (Å²) in [6.07, 6.45) is 0. The summed E-state index contributed by atoms with van der Waals surface area (Å²) in [5.74, 6) is -0.253. The lowest BCUT2D eigenvalue weighted by Crippen LogP contribution is -1.94. The monoisotopic (exact) mass is 290 g/mol. The van der Waals surface area contributed by atoms with Gasteiger partial charge in [-0.3, -0.25) is 0 Å². The smallest absolute Gasteiger partial charge is 0.123 e. The Morgan fingerprint density at radius 2 is 2.11 bits per heavy atom. The highest BCUT2D eigenvalue weighted by molar-refractivity contribution is 7.21. The van der Waals surface area contributed by atoms with Crippen molar-refractivity contribution < 1.29 is 4.39 Å². The number of nitrogens with two attached hydrogens (primary N) is 1. The Bertz CT molecular complexity index is 689. The minimum atomic E-state index is -0.253. The fourth-order valence-electron chi connectivity index (χ4n) is 1.86. The minimum Gasteiger partial charge on any atom is -0.325 e. The molecule has 3 rings (SSSR count). The molecule has 1 aromatic carbocycles. The topological polar surface area (TPSA) is 38.9 Å². The second-order valence-corrected chi connectivity index (χ2v) is 6.01. The lowest BCUT2D eigenvalue weighted by molar-refractivity contribution is 0.628. The molecule has 2 heterocycles. The Balaban J connectivity index is 2.17. The molecular weight excluding hydrogens is 279 g/mol. The van der Waals surface area contributed by atoms with Gasteiger partial charge in [0.2, 0.25) is 0 Å². The number of thiophene rings is 1. The van der Waals surface area contributed by atoms with Crippen LogP contribution < -0.4 is 5.73 Å². The molecule has 2 aromatic heterocycles. The maximum absolute atomic E-state index is 13.4. The van der Waals surface area contributed by atoms with Crippen LogP contribution in [0.5, 0.6) is 0 Å². The van der Waals surface area contributed by atoms with Crippen LogP contribution in [0, 0.1) is 5.82 Å². The highest BCUT2D eigenvalue weighted by Crippen LogP contribution is 2.39. The van der Waals surface area contributed by atoms with Gasteiger partial charge in [0.1, 0.15) is 10.8 Å². The van der Waals surface area contributed by atoms with Crippen molar-refractivity contribution in [1.29, 1.82) is 0 Å². The first kappa shape index (κ1) is 12.5. The van der Waals surface area contributed by atoms with E-state index in [4.69, 9.17) is 5.73 Å². The van der Waals surface area contributed by atoms with Gasteiger partial charge in [-0.1, -0.05) is 18.2 Å². The van der Waals surface area contributed by atoms with Gasteiger partial charge in [0, 0.05) is 17.0 Å². The standard InChI is InChI=1S/C14H11FN2S2/c15-10-4-1-3-9(7-10)13-14(11-5-2-6-18-11)19-12(8-16)17-13/h1-7H,8,16H2. The Morgan fingerprint density at radius 3 is 2.79 bits per heavy atom. The maximum atomic E-state index is 13.4. The summed E-state index contributed by atoms with van der Waals surface area (Å²) in [7, 11) is 0. The molecule has 0 unspecified atom stereocenters. The van der Waals surface area contributed by atoms with Gasteiger partial charge < -0.3 is 5.73 Å². The van der Waals surface area contributed by atoms with Gasteiger partial charge in [-0.15, -0.1) is 22.7 Å². The average molecular weight is 290 g/mol. The maximum Gasteiger partial charge on any atom is 0.123 e. The van der Waals surface area contributed by atoms with Crippen molar-refractivity contribution >= 4 is 22.7 Å². The lowest BCUT2D eigenvalue weighted by atomic mass is 10.1. The highest BCUT2D eigenvalue weighted by atomic mass is 32.1. The summed E-state index contributed by atoms with van der Waals surface area (Å²) >= 11 is 3.22. The summed E-state index contributed by atoms with van der Waals surface area (Å²) in [6, 6.07) is 10.6. The number of nitrogens with zero attached hydrogens (tertiary/aromatic N) is 1. The molecule has 0 saturated heterocycles. The van der Waals surface area contributed by atoms with E-state index in [1.54, 1.807) is 28.7 Å². The van der Waals surface area contributed by atoms with Crippen LogP contribution in [0.15, 0.2) is 41.8 Å². The van der Waals surface area contributed by atoms with E-state index in [1.807, 2.05) is 23.6 Å². The quantitative estimate of drug-likeness (QED) is 0.787. The molecular formula is C14H11FN2S2. The molecule has 0 amide bonds. The van der Waals surface area contributed by atoms with E-state index in [2.05, 4.69) is 4.98 Å². The van der Waals surface area contributed by atoms with Crippen LogP contribution in [0.3, 0.4) is 0 Å². The molecule has 2 nitrogen and oxygen atoms in total. The van der Waals surface area contributed by atoms with Crippen molar-refractivity contribution in [2.45, 2.75) is 6.54 Å². The average Bonchev–Trinajstić information content (AvgIpc) is 3.07. The molecule has 19 heavy (non-hydrogen) atoms. The molecule has 0 aliphatic carbocycles. The predicted octanol–water partition coefficient (Wildman–Crippen LogP) is 4.14. The van der Waals surface area contributed by atoms with E-state index in [-0.39, 0.29) is 5.82 Å². The van der Waals surface area contributed by atoms with Gasteiger partial charge >= 0.3 is 0 Å². The van der Waals surface area contributed by atoms with Crippen molar-refractivity contribution in [1.82, 2.24) is 4.98 Å². The van der Waals surface area contributed by atoms with Crippen molar-refractivity contribution in [3.8, 4) is 21.0 Å². The Hall–Kier alpha value is -1.56. The molecule has 3 aromatic rings. The van der Waals surface area contributed by atoms with Crippen LogP contribution in [0.25, 0.3) is 21.0 Å². The van der Waals surface area contributed by atoms with E-state index in [0.29, 0.717) is 6.54 Å². The third kappa shape index (κ3) is 2.45. The zero-order valence-corrected chi connectivity index (χ0v) is 11.6. The minimum absolute atomic E-state index is 0.253. The SMILES string of the molecule is NCc1nc(-c2cccc(F)c2)c(-c2cccs2)s1. The van der Waals surface area contributed by atoms with Crippen LogP contribution in [0.2, 0.25) is 0 Å². The summed E-state index contributed by atoms with van der Waals surface area (Å²) in [5, 5.41) is 2.88. The Morgan fingerprint density at radius 1 is 1.21 bits per heavy atom. The normalized spacial score (nSPS) is 10.8. The number of aromatic nitrogens is 1. The van der Waals surface area contributed by atoms with Gasteiger partial charge in [-0.05, 0) is 23.6 Å². The fraction of sp³-hybridized carbons (Fsp3) is 0.0714. The van der Waals surface area contributed by atoms with E-state index in [1.165, 1.54) is 12.1 Å². The fourth-order valence-corrected chi connectivity index (χ4v) is 3.68. The number of halogens is 1. The predicted molar refractivity (Wildman–Crippen MR) is 78.7 cm³/mol. The Labute approximate surface area is 118 Å². The van der Waals surface area contributed by atoms with E-state index >= 15 is 0 Å². The van der Waals surface area contributed by atoms with Gasteiger partial charge in [0.25, 0.3) is 0 Å². The summed E-state index contributed by atoms with van der Waals surface area (Å²) in [4.78, 5) is 6.72. The molecule has 0 aliphatic heterocycles. The first-order valence-corrected chi connectivity index (χ1v) is 7.47. The summed E-state index contributed by atoms with van der Waals surface area (Å²) in [6.45, 7) is 0.401. The van der Waals surface area contributed by atoms with E-state index in [9.17, 15) is 4.39 Å². The van der Waals surface area contributed by atoms with Crippen molar-refractivity contribution in [2.75, 3.05) is 0 Å². The molecule has 0 radical (unpaired) electrons. The van der Waals surface area contributed by atoms with E-state index in [0.717, 1.165) is 26.0 Å². The number of benzene rings is 1. The molecule has 5 heteroatoms. The second-order valence-electron chi connectivity index (χ2n) is 3.98. The molecule has 0 spiro atoms. The van der Waals surface area contributed by atoms with Crippen LogP contribution in [-0.4, -0.2) is 4.98 Å². The molecule has 0 bridgehead atoms. The zero-order chi connectivity index (χ0) is 13.2. The Kier molecular flexibility index (Phi) is 3.42. The summed E-state index contributed by atoms with van der Waals surface area (Å²) < 4.78 is 13.4. The molecule has 2 N–H and O–H groups in total. The van der Waals surface area contributed by atoms with Crippen LogP contribution in [0.4, 0.5) is 4.39 Å². The van der Waals surface area contributed by atoms with Gasteiger partial charge in [0.15, 0.2) is 0 Å². The first-order valence-electron chi connectivity index (χ1n) is 5.77. The number of thiazole rings is 1. The zero-order valence-electron chi connectivity index (χ0n) is 9.97. The lowest BCUT2D eigenvalue weighted by Gasteiger charge is -2.00. The van der Waals surface area contributed by atoms with Gasteiger partial charge in [-0.2, -0.15) is 0 Å². The molecule has 0 aliphatic rings. The third-order valence-electron chi connectivity index (χ3n) is 2.69. The number of rotatable bonds is 3. The molecule has 0 atom stereocenters. The third-order valence-corrected chi connectivity index (χ3v) is 4.82. The first-order chi connectivity index (χ1) is 9.28. The van der Waals surface area contributed by atoms with Crippen molar-refractivity contribution in [2.24, 2.45) is 5.73 Å². The summed E-state index contributed by atoms with van der Waals surface area (Å²) in [5.41, 5.74) is 7.27.